The van der Waals surface area contributed by atoms with E-state index in [1.54, 1.807) is 18.2 Å². The summed E-state index contributed by atoms with van der Waals surface area (Å²) in [5.74, 6) is 0.458. The van der Waals surface area contributed by atoms with Gasteiger partial charge in [-0.25, -0.2) is 0 Å². The first-order chi connectivity index (χ1) is 9.20. The molecular weight excluding hydrogens is 268 g/mol. The monoisotopic (exact) mass is 284 g/mol. The molecule has 19 heavy (non-hydrogen) atoms. The number of hydrogen-bond acceptors (Lipinski definition) is 4. The SMILES string of the molecule is CCOc1ccc(Cl)cc1NC(=O)C1COCCN1. The second kappa shape index (κ2) is 6.75. The Balaban J connectivity index is 2.08. The summed E-state index contributed by atoms with van der Waals surface area (Å²) >= 11 is 5.94. The fraction of sp³-hybridized carbons (Fsp3) is 0.462. The van der Waals surface area contributed by atoms with E-state index in [1.165, 1.54) is 0 Å². The van der Waals surface area contributed by atoms with Crippen LogP contribution in [0.1, 0.15) is 6.92 Å². The van der Waals surface area contributed by atoms with Gasteiger partial charge in [-0.3, -0.25) is 4.79 Å². The van der Waals surface area contributed by atoms with E-state index < -0.39 is 0 Å². The van der Waals surface area contributed by atoms with Gasteiger partial charge in [-0.2, -0.15) is 0 Å². The Bertz CT molecular complexity index is 448. The van der Waals surface area contributed by atoms with Crippen molar-refractivity contribution in [1.29, 1.82) is 0 Å². The van der Waals surface area contributed by atoms with Gasteiger partial charge in [-0.15, -0.1) is 0 Å². The predicted molar refractivity (Wildman–Crippen MR) is 73.9 cm³/mol. The Labute approximate surface area is 117 Å². The molecule has 0 saturated carbocycles. The van der Waals surface area contributed by atoms with E-state index in [4.69, 9.17) is 21.1 Å². The fourth-order valence-electron chi connectivity index (χ4n) is 1.83. The molecular formula is C13H17ClN2O3. The van der Waals surface area contributed by atoms with Crippen LogP contribution in [0.3, 0.4) is 0 Å². The summed E-state index contributed by atoms with van der Waals surface area (Å²) in [6.45, 7) is 4.08. The van der Waals surface area contributed by atoms with Crippen LogP contribution in [0.15, 0.2) is 18.2 Å². The van der Waals surface area contributed by atoms with Crippen LogP contribution in [0.2, 0.25) is 5.02 Å². The highest BCUT2D eigenvalue weighted by atomic mass is 35.5. The van der Waals surface area contributed by atoms with Crippen molar-refractivity contribution in [3.8, 4) is 5.75 Å². The Morgan fingerprint density at radius 2 is 2.47 bits per heavy atom. The Morgan fingerprint density at radius 1 is 1.63 bits per heavy atom. The number of benzene rings is 1. The normalized spacial score (nSPS) is 18.9. The summed E-state index contributed by atoms with van der Waals surface area (Å²) in [6, 6.07) is 4.80. The minimum Gasteiger partial charge on any atom is -0.492 e. The standard InChI is InChI=1S/C13H17ClN2O3/c1-2-19-12-4-3-9(14)7-10(12)16-13(17)11-8-18-6-5-15-11/h3-4,7,11,15H,2,5-6,8H2,1H3,(H,16,17). The first-order valence-corrected chi connectivity index (χ1v) is 6.63. The molecule has 5 nitrogen and oxygen atoms in total. The lowest BCUT2D eigenvalue weighted by Crippen LogP contribution is -2.48. The van der Waals surface area contributed by atoms with Gasteiger partial charge in [0.15, 0.2) is 0 Å². The molecule has 1 aromatic carbocycles. The van der Waals surface area contributed by atoms with Crippen LogP contribution >= 0.6 is 11.6 Å². The van der Waals surface area contributed by atoms with E-state index in [0.29, 0.717) is 42.8 Å². The molecule has 104 valence electrons. The maximum Gasteiger partial charge on any atom is 0.244 e. The van der Waals surface area contributed by atoms with Crippen molar-refractivity contribution < 1.29 is 14.3 Å². The topological polar surface area (TPSA) is 59.6 Å². The summed E-state index contributed by atoms with van der Waals surface area (Å²) in [5, 5.41) is 6.46. The van der Waals surface area contributed by atoms with E-state index in [0.717, 1.165) is 0 Å². The van der Waals surface area contributed by atoms with Crippen molar-refractivity contribution in [2.45, 2.75) is 13.0 Å². The average Bonchev–Trinajstić information content (AvgIpc) is 2.43. The molecule has 1 amide bonds. The smallest absolute Gasteiger partial charge is 0.244 e. The van der Waals surface area contributed by atoms with Crippen molar-refractivity contribution in [3.05, 3.63) is 23.2 Å². The second-order valence-corrected chi connectivity index (χ2v) is 4.58. The lowest BCUT2D eigenvalue weighted by molar-refractivity contribution is -0.120. The van der Waals surface area contributed by atoms with Crippen molar-refractivity contribution in [2.24, 2.45) is 0 Å². The lowest BCUT2D eigenvalue weighted by atomic mass is 10.2. The summed E-state index contributed by atoms with van der Waals surface area (Å²) in [4.78, 5) is 12.1. The van der Waals surface area contributed by atoms with Gasteiger partial charge < -0.3 is 20.1 Å². The van der Waals surface area contributed by atoms with Crippen LogP contribution < -0.4 is 15.4 Å². The second-order valence-electron chi connectivity index (χ2n) is 4.14. The van der Waals surface area contributed by atoms with Gasteiger partial charge in [0.05, 0.1) is 25.5 Å². The zero-order valence-electron chi connectivity index (χ0n) is 10.7. The quantitative estimate of drug-likeness (QED) is 0.883. The molecule has 2 N–H and O–H groups in total. The first-order valence-electron chi connectivity index (χ1n) is 6.25. The molecule has 1 atom stereocenters. The van der Waals surface area contributed by atoms with Crippen molar-refractivity contribution in [3.63, 3.8) is 0 Å². The maximum atomic E-state index is 12.1. The van der Waals surface area contributed by atoms with Gasteiger partial charge in [0.2, 0.25) is 5.91 Å². The van der Waals surface area contributed by atoms with E-state index in [1.807, 2.05) is 6.92 Å². The molecule has 2 rings (SSSR count). The minimum absolute atomic E-state index is 0.150. The molecule has 0 radical (unpaired) electrons. The Hall–Kier alpha value is -1.30. The van der Waals surface area contributed by atoms with Crippen LogP contribution in [0, 0.1) is 0 Å². The molecule has 1 unspecified atom stereocenters. The van der Waals surface area contributed by atoms with Crippen LogP contribution in [0.25, 0.3) is 0 Å². The third kappa shape index (κ3) is 3.83. The average molecular weight is 285 g/mol. The largest absolute Gasteiger partial charge is 0.492 e. The van der Waals surface area contributed by atoms with E-state index in [2.05, 4.69) is 10.6 Å². The molecule has 0 aromatic heterocycles. The number of morpholine rings is 1. The van der Waals surface area contributed by atoms with Crippen LogP contribution in [0.4, 0.5) is 5.69 Å². The van der Waals surface area contributed by atoms with Gasteiger partial charge in [-0.1, -0.05) is 11.6 Å². The molecule has 0 bridgehead atoms. The van der Waals surface area contributed by atoms with Gasteiger partial charge in [0, 0.05) is 11.6 Å². The van der Waals surface area contributed by atoms with Gasteiger partial charge >= 0.3 is 0 Å². The van der Waals surface area contributed by atoms with Crippen LogP contribution in [-0.2, 0) is 9.53 Å². The summed E-state index contributed by atoms with van der Waals surface area (Å²) < 4.78 is 10.7. The van der Waals surface area contributed by atoms with E-state index in [9.17, 15) is 4.79 Å². The highest BCUT2D eigenvalue weighted by Gasteiger charge is 2.22. The number of anilines is 1. The summed E-state index contributed by atoms with van der Waals surface area (Å²) in [5.41, 5.74) is 0.576. The lowest BCUT2D eigenvalue weighted by Gasteiger charge is -2.23. The third-order valence-electron chi connectivity index (χ3n) is 2.74. The number of amides is 1. The fourth-order valence-corrected chi connectivity index (χ4v) is 2.01. The molecule has 0 aliphatic carbocycles. The molecule has 6 heteroatoms. The van der Waals surface area contributed by atoms with E-state index >= 15 is 0 Å². The molecule has 1 fully saturated rings. The van der Waals surface area contributed by atoms with Crippen LogP contribution in [-0.4, -0.2) is 38.3 Å². The van der Waals surface area contributed by atoms with Crippen molar-refractivity contribution in [1.82, 2.24) is 5.32 Å². The number of rotatable bonds is 4. The van der Waals surface area contributed by atoms with Crippen molar-refractivity contribution >= 4 is 23.2 Å². The maximum absolute atomic E-state index is 12.1. The Kier molecular flexibility index (Phi) is 5.01. The van der Waals surface area contributed by atoms with Crippen molar-refractivity contribution in [2.75, 3.05) is 31.7 Å². The number of carbonyl (C=O) groups is 1. The minimum atomic E-state index is -0.345. The number of carbonyl (C=O) groups excluding carboxylic acids is 1. The first kappa shape index (κ1) is 14.1. The van der Waals surface area contributed by atoms with Gasteiger partial charge in [-0.05, 0) is 25.1 Å². The summed E-state index contributed by atoms with van der Waals surface area (Å²) in [6.07, 6.45) is 0. The molecule has 1 aliphatic heterocycles. The zero-order chi connectivity index (χ0) is 13.7. The number of hydrogen-bond donors (Lipinski definition) is 2. The molecule has 1 aliphatic rings. The zero-order valence-corrected chi connectivity index (χ0v) is 11.5. The highest BCUT2D eigenvalue weighted by Crippen LogP contribution is 2.28. The molecule has 0 spiro atoms. The highest BCUT2D eigenvalue weighted by molar-refractivity contribution is 6.31. The predicted octanol–water partition coefficient (Wildman–Crippen LogP) is 1.67. The number of halogens is 1. The Morgan fingerprint density at radius 3 is 3.16 bits per heavy atom. The number of ether oxygens (including phenoxy) is 2. The molecule has 1 aromatic rings. The number of nitrogens with one attached hydrogen (secondary N) is 2. The molecule has 1 heterocycles. The van der Waals surface area contributed by atoms with E-state index in [-0.39, 0.29) is 11.9 Å². The summed E-state index contributed by atoms with van der Waals surface area (Å²) in [7, 11) is 0. The van der Waals surface area contributed by atoms with Gasteiger partial charge in [0.1, 0.15) is 11.8 Å². The third-order valence-corrected chi connectivity index (χ3v) is 2.97. The molecule has 1 saturated heterocycles. The van der Waals surface area contributed by atoms with Gasteiger partial charge in [0.25, 0.3) is 0 Å². The van der Waals surface area contributed by atoms with Crippen LogP contribution in [0.5, 0.6) is 5.75 Å².